The highest BCUT2D eigenvalue weighted by Crippen LogP contribution is 2.40. The van der Waals surface area contributed by atoms with Gasteiger partial charge in [-0.25, -0.2) is 9.18 Å². The second-order valence-electron chi connectivity index (χ2n) is 5.91. The van der Waals surface area contributed by atoms with E-state index in [9.17, 15) is 14.0 Å². The Labute approximate surface area is 154 Å². The minimum Gasteiger partial charge on any atom is -0.485 e. The van der Waals surface area contributed by atoms with E-state index in [0.717, 1.165) is 0 Å². The van der Waals surface area contributed by atoms with Crippen molar-refractivity contribution in [1.82, 2.24) is 10.2 Å². The lowest BCUT2D eigenvalue weighted by Gasteiger charge is -2.25. The number of carbonyl (C=O) groups excluding carboxylic acids is 2. The highest BCUT2D eigenvalue weighted by atomic mass is 32.1. The van der Waals surface area contributed by atoms with Crippen LogP contribution in [-0.4, -0.2) is 75.7 Å². The number of halogens is 1. The Morgan fingerprint density at radius 2 is 2.19 bits per heavy atom. The highest BCUT2D eigenvalue weighted by molar-refractivity contribution is 7.12. The van der Waals surface area contributed by atoms with Crippen molar-refractivity contribution in [2.75, 3.05) is 46.6 Å². The van der Waals surface area contributed by atoms with Crippen molar-refractivity contribution in [1.29, 1.82) is 0 Å². The lowest BCUT2D eigenvalue weighted by atomic mass is 10.2. The molecule has 2 atom stereocenters. The molecule has 10 heteroatoms. The molecule has 0 radical (unpaired) electrons. The van der Waals surface area contributed by atoms with Gasteiger partial charge in [-0.3, -0.25) is 4.79 Å². The van der Waals surface area contributed by atoms with Crippen LogP contribution in [0.15, 0.2) is 5.38 Å². The fraction of sp³-hybridized carbons (Fsp3) is 0.625. The molecule has 26 heavy (non-hydrogen) atoms. The van der Waals surface area contributed by atoms with E-state index in [1.165, 1.54) is 23.3 Å². The molecular formula is C16H21FN2O6S. The summed E-state index contributed by atoms with van der Waals surface area (Å²) < 4.78 is 34.6. The number of fused-ring (bicyclic) bond motifs is 1. The molecule has 1 saturated heterocycles. The third-order valence-electron chi connectivity index (χ3n) is 4.12. The first-order chi connectivity index (χ1) is 12.6. The number of carbonyl (C=O) groups is 2. The van der Waals surface area contributed by atoms with Crippen molar-refractivity contribution in [3.63, 3.8) is 0 Å². The van der Waals surface area contributed by atoms with Crippen LogP contribution >= 0.6 is 11.3 Å². The fourth-order valence-electron chi connectivity index (χ4n) is 2.91. The van der Waals surface area contributed by atoms with Gasteiger partial charge in [0.05, 0.1) is 19.2 Å². The Morgan fingerprint density at radius 1 is 1.38 bits per heavy atom. The predicted octanol–water partition coefficient (Wildman–Crippen LogP) is 1.44. The third-order valence-corrected chi connectivity index (χ3v) is 5.05. The Kier molecular flexibility index (Phi) is 6.15. The number of amides is 2. The van der Waals surface area contributed by atoms with Crippen LogP contribution in [0, 0.1) is 0 Å². The Morgan fingerprint density at radius 3 is 3.00 bits per heavy atom. The molecule has 144 valence electrons. The van der Waals surface area contributed by atoms with Gasteiger partial charge in [-0.15, -0.1) is 11.3 Å². The van der Waals surface area contributed by atoms with Crippen LogP contribution in [0.3, 0.4) is 0 Å². The Hall–Kier alpha value is -2.07. The van der Waals surface area contributed by atoms with Gasteiger partial charge in [0.15, 0.2) is 11.5 Å². The van der Waals surface area contributed by atoms with E-state index >= 15 is 0 Å². The van der Waals surface area contributed by atoms with Crippen LogP contribution in [0.25, 0.3) is 0 Å². The van der Waals surface area contributed by atoms with E-state index in [0.29, 0.717) is 36.2 Å². The summed E-state index contributed by atoms with van der Waals surface area (Å²) in [5, 5.41) is 4.28. The van der Waals surface area contributed by atoms with Crippen molar-refractivity contribution in [3.05, 3.63) is 10.3 Å². The molecule has 0 aromatic carbocycles. The van der Waals surface area contributed by atoms with E-state index in [1.54, 1.807) is 5.38 Å². The molecule has 3 rings (SSSR count). The van der Waals surface area contributed by atoms with Crippen LogP contribution in [0.4, 0.5) is 9.18 Å². The molecule has 0 spiro atoms. The van der Waals surface area contributed by atoms with E-state index in [2.05, 4.69) is 5.32 Å². The molecule has 3 heterocycles. The van der Waals surface area contributed by atoms with Gasteiger partial charge in [-0.2, -0.15) is 0 Å². The number of rotatable bonds is 6. The van der Waals surface area contributed by atoms with Crippen LogP contribution in [-0.2, 0) is 9.47 Å². The fourth-order valence-corrected chi connectivity index (χ4v) is 3.80. The van der Waals surface area contributed by atoms with Crippen molar-refractivity contribution >= 4 is 23.3 Å². The Balaban J connectivity index is 1.61. The normalized spacial score (nSPS) is 21.5. The molecule has 2 aliphatic rings. The molecule has 0 saturated carbocycles. The first-order valence-corrected chi connectivity index (χ1v) is 9.19. The van der Waals surface area contributed by atoms with Gasteiger partial charge in [0.25, 0.3) is 5.91 Å². The number of thiophene rings is 1. The predicted molar refractivity (Wildman–Crippen MR) is 90.9 cm³/mol. The molecule has 2 amide bonds. The summed E-state index contributed by atoms with van der Waals surface area (Å²) in [5.74, 6) is 0.637. The van der Waals surface area contributed by atoms with E-state index in [1.807, 2.05) is 0 Å². The van der Waals surface area contributed by atoms with E-state index in [-0.39, 0.29) is 32.0 Å². The summed E-state index contributed by atoms with van der Waals surface area (Å²) in [6, 6.07) is -0.449. The van der Waals surface area contributed by atoms with Gasteiger partial charge in [-0.05, 0) is 0 Å². The topological polar surface area (TPSA) is 86.3 Å². The molecule has 1 N–H and O–H groups in total. The monoisotopic (exact) mass is 388 g/mol. The molecule has 8 nitrogen and oxygen atoms in total. The van der Waals surface area contributed by atoms with E-state index < -0.39 is 18.3 Å². The third kappa shape index (κ3) is 4.18. The van der Waals surface area contributed by atoms with Gasteiger partial charge < -0.3 is 29.2 Å². The van der Waals surface area contributed by atoms with Crippen LogP contribution in [0.2, 0.25) is 0 Å². The summed E-state index contributed by atoms with van der Waals surface area (Å²) in [5.41, 5.74) is 0. The van der Waals surface area contributed by atoms with Crippen LogP contribution in [0.1, 0.15) is 16.1 Å². The lowest BCUT2D eigenvalue weighted by molar-refractivity contribution is 0.0714. The lowest BCUT2D eigenvalue weighted by Crippen LogP contribution is -2.43. The number of alkyl carbamates (subject to hydrolysis) is 1. The van der Waals surface area contributed by atoms with Crippen molar-refractivity contribution in [2.24, 2.45) is 0 Å². The molecular weight excluding hydrogens is 367 g/mol. The first-order valence-electron chi connectivity index (χ1n) is 8.31. The zero-order valence-corrected chi connectivity index (χ0v) is 15.2. The first kappa shape index (κ1) is 18.7. The number of nitrogens with zero attached hydrogens (tertiary/aromatic N) is 1. The SMILES string of the molecule is COCCOC(=O)NC[C@@H]1C[C@H](F)CN1C(=O)c1scc2c1OCCO2. The number of ether oxygens (including phenoxy) is 4. The zero-order valence-electron chi connectivity index (χ0n) is 14.4. The van der Waals surface area contributed by atoms with Crippen LogP contribution in [0.5, 0.6) is 11.5 Å². The highest BCUT2D eigenvalue weighted by Gasteiger charge is 2.38. The molecule has 1 aromatic heterocycles. The summed E-state index contributed by atoms with van der Waals surface area (Å²) in [6.07, 6.45) is -1.60. The molecule has 0 aliphatic carbocycles. The van der Waals surface area contributed by atoms with Crippen molar-refractivity contribution < 1.29 is 32.9 Å². The average molecular weight is 388 g/mol. The second kappa shape index (κ2) is 8.54. The molecule has 1 aromatic rings. The van der Waals surface area contributed by atoms with Gasteiger partial charge in [0.1, 0.15) is 30.9 Å². The molecule has 0 bridgehead atoms. The number of hydrogen-bond donors (Lipinski definition) is 1. The average Bonchev–Trinajstić information content (AvgIpc) is 3.23. The van der Waals surface area contributed by atoms with Gasteiger partial charge in [0, 0.05) is 25.5 Å². The molecule has 2 aliphatic heterocycles. The van der Waals surface area contributed by atoms with Gasteiger partial charge in [0.2, 0.25) is 0 Å². The number of methoxy groups -OCH3 is 1. The van der Waals surface area contributed by atoms with Crippen LogP contribution < -0.4 is 14.8 Å². The zero-order chi connectivity index (χ0) is 18.5. The summed E-state index contributed by atoms with van der Waals surface area (Å²) >= 11 is 1.21. The second-order valence-corrected chi connectivity index (χ2v) is 6.79. The standard InChI is InChI=1S/C16H21FN2O6S/c1-22-2-3-25-16(21)18-7-11-6-10(17)8-19(11)15(20)14-13-12(9-26-14)23-4-5-24-13/h9-11H,2-8H2,1H3,(H,18,21)/t10-,11-/m0/s1. The maximum absolute atomic E-state index is 13.9. The summed E-state index contributed by atoms with van der Waals surface area (Å²) in [4.78, 5) is 26.3. The largest absolute Gasteiger partial charge is 0.485 e. The van der Waals surface area contributed by atoms with E-state index in [4.69, 9.17) is 18.9 Å². The van der Waals surface area contributed by atoms with Crippen molar-refractivity contribution in [2.45, 2.75) is 18.6 Å². The van der Waals surface area contributed by atoms with Gasteiger partial charge >= 0.3 is 6.09 Å². The summed E-state index contributed by atoms with van der Waals surface area (Å²) in [6.45, 7) is 1.32. The number of nitrogens with one attached hydrogen (secondary N) is 1. The number of hydrogen-bond acceptors (Lipinski definition) is 7. The maximum Gasteiger partial charge on any atom is 0.407 e. The Bertz CT molecular complexity index is 655. The smallest absolute Gasteiger partial charge is 0.407 e. The quantitative estimate of drug-likeness (QED) is 0.743. The minimum atomic E-state index is -1.14. The molecule has 0 unspecified atom stereocenters. The number of alkyl halides is 1. The number of likely N-dealkylation sites (tertiary alicyclic amines) is 1. The van der Waals surface area contributed by atoms with Crippen molar-refractivity contribution in [3.8, 4) is 11.5 Å². The minimum absolute atomic E-state index is 0.0164. The maximum atomic E-state index is 13.9. The summed E-state index contributed by atoms with van der Waals surface area (Å²) in [7, 11) is 1.50. The van der Waals surface area contributed by atoms with Gasteiger partial charge in [-0.1, -0.05) is 0 Å². The molecule has 1 fully saturated rings.